The van der Waals surface area contributed by atoms with Gasteiger partial charge in [-0.3, -0.25) is 9.69 Å². The highest BCUT2D eigenvalue weighted by Crippen LogP contribution is 2.16. The summed E-state index contributed by atoms with van der Waals surface area (Å²) in [4.78, 5) is 13.6. The number of hydrogen-bond donors (Lipinski definition) is 0. The van der Waals surface area contributed by atoms with Gasteiger partial charge in [-0.2, -0.15) is 0 Å². The molecule has 1 unspecified atom stereocenters. The Hall–Kier alpha value is -1.22. The predicted octanol–water partition coefficient (Wildman–Crippen LogP) is 1.64. The lowest BCUT2D eigenvalue weighted by atomic mass is 10.0. The summed E-state index contributed by atoms with van der Waals surface area (Å²) in [6.45, 7) is 0.838. The summed E-state index contributed by atoms with van der Waals surface area (Å²) < 4.78 is 12.7. The summed E-state index contributed by atoms with van der Waals surface area (Å²) in [5.41, 5.74) is 1.02. The van der Waals surface area contributed by atoms with E-state index in [4.69, 9.17) is 0 Å². The van der Waals surface area contributed by atoms with Crippen LogP contribution in [0.2, 0.25) is 0 Å². The molecule has 0 radical (unpaired) electrons. The van der Waals surface area contributed by atoms with Gasteiger partial charge in [0.15, 0.2) is 5.78 Å². The van der Waals surface area contributed by atoms with Crippen molar-refractivity contribution in [3.05, 3.63) is 35.6 Å². The van der Waals surface area contributed by atoms with Crippen LogP contribution in [0.4, 0.5) is 4.39 Å². The number of hydrogen-bond acceptors (Lipinski definition) is 2. The van der Waals surface area contributed by atoms with E-state index in [2.05, 4.69) is 4.90 Å². The van der Waals surface area contributed by atoms with E-state index in [9.17, 15) is 9.18 Å². The van der Waals surface area contributed by atoms with E-state index in [1.54, 1.807) is 12.1 Å². The minimum Gasteiger partial charge on any atom is -0.298 e. The molecule has 0 saturated carbocycles. The molecular formula is C12H14FNO. The summed E-state index contributed by atoms with van der Waals surface area (Å²) >= 11 is 0. The van der Waals surface area contributed by atoms with Crippen LogP contribution >= 0.6 is 0 Å². The number of nitrogens with zero attached hydrogens (tertiary/aromatic N) is 1. The predicted molar refractivity (Wildman–Crippen MR) is 56.1 cm³/mol. The monoisotopic (exact) mass is 207 g/mol. The number of rotatable bonds is 2. The first-order valence-corrected chi connectivity index (χ1v) is 5.14. The van der Waals surface area contributed by atoms with E-state index in [1.165, 1.54) is 12.1 Å². The molecule has 2 rings (SSSR count). The highest BCUT2D eigenvalue weighted by atomic mass is 19.1. The number of carbonyl (C=O) groups is 1. The fraction of sp³-hybridized carbons (Fsp3) is 0.417. The Bertz CT molecular complexity index is 360. The molecule has 80 valence electrons. The zero-order valence-electron chi connectivity index (χ0n) is 8.74. The molecule has 0 amide bonds. The average Bonchev–Trinajstić information content (AvgIpc) is 2.53. The molecule has 1 aliphatic rings. The first-order chi connectivity index (χ1) is 7.16. The van der Waals surface area contributed by atoms with Gasteiger partial charge in [0.2, 0.25) is 0 Å². The third-order valence-corrected chi connectivity index (χ3v) is 2.96. The number of Topliss-reactive ketones (excluding diaryl/α,β-unsaturated/α-hetero) is 1. The molecule has 3 heteroatoms. The maximum absolute atomic E-state index is 12.7. The number of benzene rings is 1. The molecule has 0 aromatic heterocycles. The maximum atomic E-state index is 12.7. The molecule has 1 aromatic carbocycles. The van der Waals surface area contributed by atoms with Crippen molar-refractivity contribution < 1.29 is 9.18 Å². The van der Waals surface area contributed by atoms with Crippen LogP contribution in [-0.2, 0) is 11.2 Å². The molecule has 15 heavy (non-hydrogen) atoms. The smallest absolute Gasteiger partial charge is 0.151 e. The molecule has 1 heterocycles. The van der Waals surface area contributed by atoms with Gasteiger partial charge >= 0.3 is 0 Å². The molecule has 0 spiro atoms. The molecule has 1 saturated heterocycles. The van der Waals surface area contributed by atoms with Gasteiger partial charge in [0.05, 0.1) is 6.04 Å². The van der Waals surface area contributed by atoms with E-state index in [0.29, 0.717) is 18.6 Å². The summed E-state index contributed by atoms with van der Waals surface area (Å²) in [5, 5.41) is 0. The van der Waals surface area contributed by atoms with Crippen molar-refractivity contribution in [1.82, 2.24) is 4.90 Å². The molecule has 1 aliphatic heterocycles. The second-order valence-electron chi connectivity index (χ2n) is 4.04. The molecule has 1 atom stereocenters. The Morgan fingerprint density at radius 2 is 2.07 bits per heavy atom. The number of carbonyl (C=O) groups excluding carboxylic acids is 1. The molecule has 1 fully saturated rings. The minimum atomic E-state index is -0.232. The van der Waals surface area contributed by atoms with Crippen molar-refractivity contribution in [2.24, 2.45) is 0 Å². The molecule has 0 aliphatic carbocycles. The number of likely N-dealkylation sites (N-methyl/N-ethyl adjacent to an activating group) is 1. The van der Waals surface area contributed by atoms with Gasteiger partial charge in [-0.15, -0.1) is 0 Å². The summed E-state index contributed by atoms with van der Waals surface area (Å²) in [5.74, 6) is 0.0617. The van der Waals surface area contributed by atoms with Crippen molar-refractivity contribution in [2.75, 3.05) is 13.6 Å². The van der Waals surface area contributed by atoms with Crippen LogP contribution < -0.4 is 0 Å². The lowest BCUT2D eigenvalue weighted by Crippen LogP contribution is -2.31. The Kier molecular flexibility index (Phi) is 2.82. The summed E-state index contributed by atoms with van der Waals surface area (Å²) in [6, 6.07) is 6.35. The van der Waals surface area contributed by atoms with Crippen LogP contribution in [0.15, 0.2) is 24.3 Å². The fourth-order valence-corrected chi connectivity index (χ4v) is 1.97. The summed E-state index contributed by atoms with van der Waals surface area (Å²) in [6.07, 6.45) is 1.33. The number of halogens is 1. The third-order valence-electron chi connectivity index (χ3n) is 2.96. The second kappa shape index (κ2) is 4.11. The van der Waals surface area contributed by atoms with Gasteiger partial charge in [-0.25, -0.2) is 4.39 Å². The van der Waals surface area contributed by atoms with Gasteiger partial charge in [-0.05, 0) is 31.2 Å². The van der Waals surface area contributed by atoms with Gasteiger partial charge in [-0.1, -0.05) is 12.1 Å². The maximum Gasteiger partial charge on any atom is 0.151 e. The molecular weight excluding hydrogens is 193 g/mol. The van der Waals surface area contributed by atoms with Crippen molar-refractivity contribution in [3.63, 3.8) is 0 Å². The fourth-order valence-electron chi connectivity index (χ4n) is 1.97. The molecule has 0 bridgehead atoms. The topological polar surface area (TPSA) is 20.3 Å². The van der Waals surface area contributed by atoms with Gasteiger partial charge < -0.3 is 0 Å². The van der Waals surface area contributed by atoms with E-state index in [1.807, 2.05) is 7.05 Å². The van der Waals surface area contributed by atoms with E-state index < -0.39 is 0 Å². The van der Waals surface area contributed by atoms with Crippen LogP contribution in [0.3, 0.4) is 0 Å². The summed E-state index contributed by atoms with van der Waals surface area (Å²) in [7, 11) is 1.96. The van der Waals surface area contributed by atoms with Crippen molar-refractivity contribution in [1.29, 1.82) is 0 Å². The highest BCUT2D eigenvalue weighted by molar-refractivity contribution is 5.86. The minimum absolute atomic E-state index is 0.0181. The Balaban J connectivity index is 2.08. The Morgan fingerprint density at radius 1 is 1.40 bits per heavy atom. The average molecular weight is 207 g/mol. The largest absolute Gasteiger partial charge is 0.298 e. The third kappa shape index (κ3) is 2.23. The normalized spacial score (nSPS) is 22.3. The van der Waals surface area contributed by atoms with Gasteiger partial charge in [0.25, 0.3) is 0 Å². The lowest BCUT2D eigenvalue weighted by molar-refractivity contribution is -0.119. The molecule has 0 N–H and O–H groups in total. The van der Waals surface area contributed by atoms with Crippen LogP contribution in [-0.4, -0.2) is 30.3 Å². The van der Waals surface area contributed by atoms with E-state index in [0.717, 1.165) is 12.1 Å². The zero-order chi connectivity index (χ0) is 10.8. The first-order valence-electron chi connectivity index (χ1n) is 5.14. The molecule has 2 nitrogen and oxygen atoms in total. The van der Waals surface area contributed by atoms with Crippen molar-refractivity contribution >= 4 is 5.78 Å². The second-order valence-corrected chi connectivity index (χ2v) is 4.04. The van der Waals surface area contributed by atoms with E-state index in [-0.39, 0.29) is 11.9 Å². The SMILES string of the molecule is CN1CCC(=O)C1Cc1ccc(F)cc1. The lowest BCUT2D eigenvalue weighted by Gasteiger charge is -2.17. The standard InChI is InChI=1S/C12H14FNO/c1-14-7-6-12(15)11(14)8-9-2-4-10(13)5-3-9/h2-5,11H,6-8H2,1H3. The Labute approximate surface area is 88.7 Å². The first kappa shape index (κ1) is 10.3. The van der Waals surface area contributed by atoms with E-state index >= 15 is 0 Å². The number of likely N-dealkylation sites (tertiary alicyclic amines) is 1. The Morgan fingerprint density at radius 3 is 2.60 bits per heavy atom. The number of ketones is 1. The molecule has 1 aromatic rings. The van der Waals surface area contributed by atoms with Crippen LogP contribution in [0.25, 0.3) is 0 Å². The van der Waals surface area contributed by atoms with Crippen molar-refractivity contribution in [3.8, 4) is 0 Å². The van der Waals surface area contributed by atoms with Gasteiger partial charge in [0.1, 0.15) is 5.82 Å². The van der Waals surface area contributed by atoms with Crippen LogP contribution in [0.5, 0.6) is 0 Å². The zero-order valence-corrected chi connectivity index (χ0v) is 8.74. The quantitative estimate of drug-likeness (QED) is 0.734. The van der Waals surface area contributed by atoms with Gasteiger partial charge in [0, 0.05) is 13.0 Å². The highest BCUT2D eigenvalue weighted by Gasteiger charge is 2.29. The van der Waals surface area contributed by atoms with Crippen LogP contribution in [0, 0.1) is 5.82 Å². The van der Waals surface area contributed by atoms with Crippen molar-refractivity contribution in [2.45, 2.75) is 18.9 Å². The van der Waals surface area contributed by atoms with Crippen LogP contribution in [0.1, 0.15) is 12.0 Å².